The zero-order valence-electron chi connectivity index (χ0n) is 12.7. The minimum Gasteiger partial charge on any atom is -0.352 e. The van der Waals surface area contributed by atoms with E-state index in [1.807, 2.05) is 40.3 Å². The Morgan fingerprint density at radius 2 is 2.25 bits per heavy atom. The number of hydrogen-bond acceptors (Lipinski definition) is 4. The van der Waals surface area contributed by atoms with Crippen molar-refractivity contribution in [1.29, 1.82) is 0 Å². The molecule has 24 heavy (non-hydrogen) atoms. The zero-order chi connectivity index (χ0) is 16.9. The first kappa shape index (κ1) is 16.9. The van der Waals surface area contributed by atoms with Gasteiger partial charge in [0.25, 0.3) is 0 Å². The van der Waals surface area contributed by atoms with E-state index in [4.69, 9.17) is 23.8 Å². The average Bonchev–Trinajstić information content (AvgIpc) is 3.20. The van der Waals surface area contributed by atoms with Crippen molar-refractivity contribution in [3.8, 4) is 10.7 Å². The van der Waals surface area contributed by atoms with Gasteiger partial charge in [0, 0.05) is 24.5 Å². The van der Waals surface area contributed by atoms with Gasteiger partial charge in [-0.2, -0.15) is 5.10 Å². The lowest BCUT2D eigenvalue weighted by molar-refractivity contribution is -0.121. The molecule has 0 aliphatic heterocycles. The summed E-state index contributed by atoms with van der Waals surface area (Å²) >= 11 is 12.8. The van der Waals surface area contributed by atoms with Crippen molar-refractivity contribution in [2.45, 2.75) is 19.5 Å². The molecule has 0 aliphatic carbocycles. The summed E-state index contributed by atoms with van der Waals surface area (Å²) in [5.74, 6) is 0.716. The van der Waals surface area contributed by atoms with E-state index in [-0.39, 0.29) is 5.91 Å². The Balaban J connectivity index is 1.59. The van der Waals surface area contributed by atoms with Gasteiger partial charge in [-0.15, -0.1) is 11.3 Å². The fraction of sp³-hybridized carbons (Fsp3) is 0.188. The van der Waals surface area contributed by atoms with E-state index in [9.17, 15) is 4.79 Å². The summed E-state index contributed by atoms with van der Waals surface area (Å²) in [6, 6.07) is 11.4. The summed E-state index contributed by atoms with van der Waals surface area (Å²) in [6.45, 7) is 0.928. The molecular formula is C16H15ClN4OS2. The van der Waals surface area contributed by atoms with Gasteiger partial charge < -0.3 is 5.32 Å². The third kappa shape index (κ3) is 4.11. The molecule has 3 aromatic rings. The SMILES string of the molecule is O=C(CCn1c(-c2cccs2)n[nH]c1=S)NCc1cccc(Cl)c1. The summed E-state index contributed by atoms with van der Waals surface area (Å²) < 4.78 is 2.36. The van der Waals surface area contributed by atoms with Crippen LogP contribution < -0.4 is 5.32 Å². The van der Waals surface area contributed by atoms with Gasteiger partial charge in [-0.3, -0.25) is 14.5 Å². The summed E-state index contributed by atoms with van der Waals surface area (Å²) in [4.78, 5) is 13.1. The number of benzene rings is 1. The molecule has 8 heteroatoms. The van der Waals surface area contributed by atoms with Crippen LogP contribution >= 0.6 is 35.2 Å². The van der Waals surface area contributed by atoms with E-state index in [1.54, 1.807) is 17.4 Å². The normalized spacial score (nSPS) is 10.7. The number of carbonyl (C=O) groups excluding carboxylic acids is 1. The number of rotatable bonds is 6. The van der Waals surface area contributed by atoms with Gasteiger partial charge in [-0.1, -0.05) is 29.8 Å². The lowest BCUT2D eigenvalue weighted by Crippen LogP contribution is -2.24. The van der Waals surface area contributed by atoms with Gasteiger partial charge in [0.1, 0.15) is 0 Å². The fourth-order valence-electron chi connectivity index (χ4n) is 2.27. The van der Waals surface area contributed by atoms with Crippen molar-refractivity contribution < 1.29 is 4.79 Å². The predicted octanol–water partition coefficient (Wildman–Crippen LogP) is 4.03. The number of thiophene rings is 1. The minimum absolute atomic E-state index is 0.0461. The Morgan fingerprint density at radius 1 is 1.38 bits per heavy atom. The van der Waals surface area contributed by atoms with Crippen molar-refractivity contribution in [1.82, 2.24) is 20.1 Å². The molecule has 0 fully saturated rings. The Labute approximate surface area is 153 Å². The van der Waals surface area contributed by atoms with E-state index in [0.717, 1.165) is 16.3 Å². The molecule has 0 bridgehead atoms. The minimum atomic E-state index is -0.0461. The Bertz CT molecular complexity index is 886. The third-order valence-electron chi connectivity index (χ3n) is 3.44. The highest BCUT2D eigenvalue weighted by molar-refractivity contribution is 7.71. The van der Waals surface area contributed by atoms with Crippen LogP contribution in [0.1, 0.15) is 12.0 Å². The molecule has 0 aliphatic rings. The van der Waals surface area contributed by atoms with Crippen molar-refractivity contribution >= 4 is 41.1 Å². The first-order chi connectivity index (χ1) is 11.6. The highest BCUT2D eigenvalue weighted by Gasteiger charge is 2.11. The summed E-state index contributed by atoms with van der Waals surface area (Å²) in [7, 11) is 0. The molecule has 0 atom stereocenters. The van der Waals surface area contributed by atoms with Crippen LogP contribution in [0.5, 0.6) is 0 Å². The Morgan fingerprint density at radius 3 is 3.00 bits per heavy atom. The summed E-state index contributed by atoms with van der Waals surface area (Å²) in [5.41, 5.74) is 0.968. The first-order valence-electron chi connectivity index (χ1n) is 7.34. The van der Waals surface area contributed by atoms with Crippen LogP contribution in [0.3, 0.4) is 0 Å². The summed E-state index contributed by atoms with van der Waals surface area (Å²) in [5, 5.41) is 12.6. The quantitative estimate of drug-likeness (QED) is 0.636. The highest BCUT2D eigenvalue weighted by atomic mass is 35.5. The lowest BCUT2D eigenvalue weighted by Gasteiger charge is -2.07. The van der Waals surface area contributed by atoms with Crippen LogP contribution in [-0.2, 0) is 17.9 Å². The molecule has 124 valence electrons. The topological polar surface area (TPSA) is 62.7 Å². The molecule has 0 saturated carbocycles. The predicted molar refractivity (Wildman–Crippen MR) is 98.6 cm³/mol. The van der Waals surface area contributed by atoms with Crippen LogP contribution in [0.2, 0.25) is 5.02 Å². The molecule has 0 spiro atoms. The largest absolute Gasteiger partial charge is 0.352 e. The number of nitrogens with zero attached hydrogens (tertiary/aromatic N) is 2. The number of aromatic amines is 1. The van der Waals surface area contributed by atoms with E-state index >= 15 is 0 Å². The van der Waals surface area contributed by atoms with Crippen molar-refractivity contribution in [2.24, 2.45) is 0 Å². The Hall–Kier alpha value is -1.96. The standard InChI is InChI=1S/C16H15ClN4OS2/c17-12-4-1-3-11(9-12)10-18-14(22)6-7-21-15(19-20-16(21)23)13-5-2-8-24-13/h1-5,8-9H,6-7,10H2,(H,18,22)(H,20,23). The number of carbonyl (C=O) groups is 1. The monoisotopic (exact) mass is 378 g/mol. The molecule has 1 aromatic carbocycles. The van der Waals surface area contributed by atoms with Crippen LogP contribution in [0.15, 0.2) is 41.8 Å². The first-order valence-corrected chi connectivity index (χ1v) is 9.00. The molecule has 2 aromatic heterocycles. The highest BCUT2D eigenvalue weighted by Crippen LogP contribution is 2.22. The van der Waals surface area contributed by atoms with Gasteiger partial charge in [0.2, 0.25) is 5.91 Å². The molecule has 0 radical (unpaired) electrons. The smallest absolute Gasteiger partial charge is 0.222 e. The molecule has 1 amide bonds. The molecule has 2 heterocycles. The molecule has 3 rings (SSSR count). The maximum atomic E-state index is 12.1. The number of hydrogen-bond donors (Lipinski definition) is 2. The van der Waals surface area contributed by atoms with E-state index in [1.165, 1.54) is 0 Å². The number of nitrogens with one attached hydrogen (secondary N) is 2. The van der Waals surface area contributed by atoms with Crippen molar-refractivity contribution in [3.05, 3.63) is 57.1 Å². The third-order valence-corrected chi connectivity index (χ3v) is 4.85. The average molecular weight is 379 g/mol. The van der Waals surface area contributed by atoms with Gasteiger partial charge in [-0.25, -0.2) is 0 Å². The zero-order valence-corrected chi connectivity index (χ0v) is 15.0. The second-order valence-corrected chi connectivity index (χ2v) is 6.91. The van der Waals surface area contributed by atoms with Crippen LogP contribution in [0, 0.1) is 4.77 Å². The maximum Gasteiger partial charge on any atom is 0.222 e. The summed E-state index contributed by atoms with van der Waals surface area (Å²) in [6.07, 6.45) is 0.326. The number of H-pyrrole nitrogens is 1. The van der Waals surface area contributed by atoms with E-state index in [0.29, 0.717) is 29.3 Å². The lowest BCUT2D eigenvalue weighted by atomic mass is 10.2. The number of aromatic nitrogens is 3. The fourth-order valence-corrected chi connectivity index (χ4v) is 3.43. The van der Waals surface area contributed by atoms with Gasteiger partial charge in [0.05, 0.1) is 4.88 Å². The number of amides is 1. The van der Waals surface area contributed by atoms with Gasteiger partial charge >= 0.3 is 0 Å². The van der Waals surface area contributed by atoms with Crippen molar-refractivity contribution in [2.75, 3.05) is 0 Å². The van der Waals surface area contributed by atoms with Crippen LogP contribution in [0.4, 0.5) is 0 Å². The molecule has 5 nitrogen and oxygen atoms in total. The van der Waals surface area contributed by atoms with Crippen LogP contribution in [-0.4, -0.2) is 20.7 Å². The van der Waals surface area contributed by atoms with E-state index < -0.39 is 0 Å². The Kier molecular flexibility index (Phi) is 5.44. The van der Waals surface area contributed by atoms with Gasteiger partial charge in [-0.05, 0) is 41.4 Å². The molecule has 0 saturated heterocycles. The van der Waals surface area contributed by atoms with Crippen molar-refractivity contribution in [3.63, 3.8) is 0 Å². The van der Waals surface area contributed by atoms with Crippen LogP contribution in [0.25, 0.3) is 10.7 Å². The molecular weight excluding hydrogens is 364 g/mol. The van der Waals surface area contributed by atoms with Gasteiger partial charge in [0.15, 0.2) is 10.6 Å². The number of halogens is 1. The maximum absolute atomic E-state index is 12.1. The molecule has 0 unspecified atom stereocenters. The second-order valence-electron chi connectivity index (χ2n) is 5.14. The van der Waals surface area contributed by atoms with E-state index in [2.05, 4.69) is 15.5 Å². The molecule has 2 N–H and O–H groups in total. The second kappa shape index (κ2) is 7.74.